The third-order valence-corrected chi connectivity index (χ3v) is 3.35. The van der Waals surface area contributed by atoms with E-state index in [2.05, 4.69) is 17.4 Å². The van der Waals surface area contributed by atoms with Gasteiger partial charge in [0.15, 0.2) is 0 Å². The first-order chi connectivity index (χ1) is 10.6. The van der Waals surface area contributed by atoms with Crippen LogP contribution in [0, 0.1) is 0 Å². The molecule has 0 fully saturated rings. The van der Waals surface area contributed by atoms with Gasteiger partial charge < -0.3 is 15.2 Å². The molecule has 0 saturated heterocycles. The smallest absolute Gasteiger partial charge is 0.407 e. The zero-order valence-corrected chi connectivity index (χ0v) is 13.1. The minimum absolute atomic E-state index is 0.319. The normalized spacial score (nSPS) is 11.7. The Kier molecular flexibility index (Phi) is 8.72. The number of carbonyl (C=O) groups excluding carboxylic acids is 1. The largest absolute Gasteiger partial charge is 0.480 e. The lowest BCUT2D eigenvalue weighted by molar-refractivity contribution is -0.139. The molecule has 0 heterocycles. The molecule has 0 aromatic heterocycles. The summed E-state index contributed by atoms with van der Waals surface area (Å²) in [6.45, 7) is 2.19. The zero-order chi connectivity index (χ0) is 16.2. The molecule has 5 heteroatoms. The van der Waals surface area contributed by atoms with Crippen LogP contribution in [-0.2, 0) is 16.0 Å². The number of nitrogens with one attached hydrogen (secondary N) is 1. The third-order valence-electron chi connectivity index (χ3n) is 3.35. The van der Waals surface area contributed by atoms with Crippen molar-refractivity contribution in [3.8, 4) is 0 Å². The topological polar surface area (TPSA) is 75.6 Å². The predicted molar refractivity (Wildman–Crippen MR) is 84.8 cm³/mol. The highest BCUT2D eigenvalue weighted by atomic mass is 16.5. The van der Waals surface area contributed by atoms with Crippen molar-refractivity contribution in [2.45, 2.75) is 51.5 Å². The van der Waals surface area contributed by atoms with E-state index in [0.717, 1.165) is 25.7 Å². The summed E-state index contributed by atoms with van der Waals surface area (Å²) < 4.78 is 5.01. The van der Waals surface area contributed by atoms with E-state index in [9.17, 15) is 9.59 Å². The average Bonchev–Trinajstić information content (AvgIpc) is 2.51. The molecular weight excluding hydrogens is 282 g/mol. The van der Waals surface area contributed by atoms with Gasteiger partial charge in [-0.05, 0) is 37.7 Å². The second kappa shape index (κ2) is 10.7. The average molecular weight is 307 g/mol. The molecule has 2 N–H and O–H groups in total. The molecule has 22 heavy (non-hydrogen) atoms. The third kappa shape index (κ3) is 7.67. The van der Waals surface area contributed by atoms with Gasteiger partial charge in [0.25, 0.3) is 0 Å². The SMILES string of the molecule is CCCC(NC(=O)OCCCCCc1ccccc1)C(=O)O. The summed E-state index contributed by atoms with van der Waals surface area (Å²) in [7, 11) is 0. The highest BCUT2D eigenvalue weighted by Gasteiger charge is 2.19. The first kappa shape index (κ1) is 18.0. The summed E-state index contributed by atoms with van der Waals surface area (Å²) in [5, 5.41) is 11.3. The van der Waals surface area contributed by atoms with E-state index in [1.807, 2.05) is 25.1 Å². The maximum absolute atomic E-state index is 11.5. The molecule has 5 nitrogen and oxygen atoms in total. The first-order valence-electron chi connectivity index (χ1n) is 7.83. The molecule has 0 aliphatic heterocycles. The van der Waals surface area contributed by atoms with Gasteiger partial charge in [0.2, 0.25) is 0 Å². The van der Waals surface area contributed by atoms with Crippen LogP contribution in [-0.4, -0.2) is 29.8 Å². The van der Waals surface area contributed by atoms with E-state index in [1.165, 1.54) is 5.56 Å². The Morgan fingerprint density at radius 1 is 1.18 bits per heavy atom. The Morgan fingerprint density at radius 2 is 1.91 bits per heavy atom. The van der Waals surface area contributed by atoms with Gasteiger partial charge in [0.05, 0.1) is 6.61 Å². The second-order valence-corrected chi connectivity index (χ2v) is 5.26. The number of amides is 1. The number of rotatable bonds is 10. The second-order valence-electron chi connectivity index (χ2n) is 5.26. The number of aliphatic carboxylic acids is 1. The van der Waals surface area contributed by atoms with Gasteiger partial charge in [-0.1, -0.05) is 43.7 Å². The van der Waals surface area contributed by atoms with Crippen LogP contribution in [0.1, 0.15) is 44.6 Å². The lowest BCUT2D eigenvalue weighted by Crippen LogP contribution is -2.41. The van der Waals surface area contributed by atoms with Crippen molar-refractivity contribution < 1.29 is 19.4 Å². The van der Waals surface area contributed by atoms with Gasteiger partial charge >= 0.3 is 12.1 Å². The van der Waals surface area contributed by atoms with Gasteiger partial charge in [0.1, 0.15) is 6.04 Å². The molecule has 0 radical (unpaired) electrons. The van der Waals surface area contributed by atoms with Crippen molar-refractivity contribution >= 4 is 12.1 Å². The van der Waals surface area contributed by atoms with Gasteiger partial charge in [-0.25, -0.2) is 9.59 Å². The van der Waals surface area contributed by atoms with E-state index in [-0.39, 0.29) is 0 Å². The number of carboxylic acids is 1. The molecule has 0 bridgehead atoms. The summed E-state index contributed by atoms with van der Waals surface area (Å²) in [4.78, 5) is 22.4. The van der Waals surface area contributed by atoms with Crippen LogP contribution in [0.5, 0.6) is 0 Å². The number of benzene rings is 1. The molecule has 0 spiro atoms. The van der Waals surface area contributed by atoms with Crippen LogP contribution in [0.25, 0.3) is 0 Å². The number of alkyl carbamates (subject to hydrolysis) is 1. The molecule has 0 aliphatic carbocycles. The quantitative estimate of drug-likeness (QED) is 0.650. The summed E-state index contributed by atoms with van der Waals surface area (Å²) in [5.41, 5.74) is 1.31. The Hall–Kier alpha value is -2.04. The Morgan fingerprint density at radius 3 is 2.55 bits per heavy atom. The van der Waals surface area contributed by atoms with Crippen LogP contribution in [0.15, 0.2) is 30.3 Å². The Bertz CT molecular complexity index is 447. The van der Waals surface area contributed by atoms with Crippen LogP contribution < -0.4 is 5.32 Å². The van der Waals surface area contributed by atoms with Crippen LogP contribution >= 0.6 is 0 Å². The molecule has 1 unspecified atom stereocenters. The lowest BCUT2D eigenvalue weighted by Gasteiger charge is -2.13. The van der Waals surface area contributed by atoms with Crippen LogP contribution in [0.4, 0.5) is 4.79 Å². The van der Waals surface area contributed by atoms with Crippen molar-refractivity contribution in [3.05, 3.63) is 35.9 Å². The first-order valence-corrected chi connectivity index (χ1v) is 7.83. The number of aryl methyl sites for hydroxylation is 1. The fourth-order valence-electron chi connectivity index (χ4n) is 2.15. The molecule has 1 aromatic rings. The van der Waals surface area contributed by atoms with Crippen molar-refractivity contribution in [2.24, 2.45) is 0 Å². The highest BCUT2D eigenvalue weighted by Crippen LogP contribution is 2.06. The number of carboxylic acid groups (broad SMARTS) is 1. The van der Waals surface area contributed by atoms with Gasteiger partial charge in [0, 0.05) is 0 Å². The van der Waals surface area contributed by atoms with Crippen LogP contribution in [0.3, 0.4) is 0 Å². The molecule has 1 aromatic carbocycles. The zero-order valence-electron chi connectivity index (χ0n) is 13.1. The van der Waals surface area contributed by atoms with Crippen molar-refractivity contribution in [1.29, 1.82) is 0 Å². The van der Waals surface area contributed by atoms with E-state index < -0.39 is 18.1 Å². The predicted octanol–water partition coefficient (Wildman–Crippen LogP) is 3.38. The van der Waals surface area contributed by atoms with Crippen molar-refractivity contribution in [2.75, 3.05) is 6.61 Å². The van der Waals surface area contributed by atoms with E-state index >= 15 is 0 Å². The number of hydrogen-bond acceptors (Lipinski definition) is 3. The molecule has 1 atom stereocenters. The monoisotopic (exact) mass is 307 g/mol. The fourth-order valence-corrected chi connectivity index (χ4v) is 2.15. The minimum atomic E-state index is -1.03. The highest BCUT2D eigenvalue weighted by molar-refractivity contribution is 5.79. The van der Waals surface area contributed by atoms with Gasteiger partial charge in [-0.3, -0.25) is 0 Å². The number of carbonyl (C=O) groups is 2. The Balaban J connectivity index is 2.08. The molecule has 1 amide bonds. The summed E-state index contributed by atoms with van der Waals surface area (Å²) in [6, 6.07) is 9.39. The van der Waals surface area contributed by atoms with E-state index in [4.69, 9.17) is 9.84 Å². The maximum atomic E-state index is 11.5. The summed E-state index contributed by atoms with van der Waals surface area (Å²) >= 11 is 0. The summed E-state index contributed by atoms with van der Waals surface area (Å²) in [6.07, 6.45) is 4.26. The molecule has 1 rings (SSSR count). The van der Waals surface area contributed by atoms with Crippen molar-refractivity contribution in [3.63, 3.8) is 0 Å². The molecule has 122 valence electrons. The van der Waals surface area contributed by atoms with E-state index in [1.54, 1.807) is 0 Å². The Labute approximate surface area is 131 Å². The summed E-state index contributed by atoms with van der Waals surface area (Å²) in [5.74, 6) is -1.03. The van der Waals surface area contributed by atoms with Crippen LogP contribution in [0.2, 0.25) is 0 Å². The maximum Gasteiger partial charge on any atom is 0.407 e. The molecule has 0 saturated carbocycles. The molecule has 0 aliphatic rings. The van der Waals surface area contributed by atoms with Gasteiger partial charge in [-0.2, -0.15) is 0 Å². The fraction of sp³-hybridized carbons (Fsp3) is 0.529. The minimum Gasteiger partial charge on any atom is -0.480 e. The number of hydrogen-bond donors (Lipinski definition) is 2. The lowest BCUT2D eigenvalue weighted by atomic mass is 10.1. The molecular formula is C17H25NO4. The number of unbranched alkanes of at least 4 members (excludes halogenated alkanes) is 2. The number of ether oxygens (including phenoxy) is 1. The van der Waals surface area contributed by atoms with Crippen molar-refractivity contribution in [1.82, 2.24) is 5.32 Å². The van der Waals surface area contributed by atoms with E-state index in [0.29, 0.717) is 19.4 Å². The standard InChI is InChI=1S/C17H25NO4/c1-2-9-15(16(19)20)18-17(21)22-13-8-4-7-12-14-10-5-3-6-11-14/h3,5-6,10-11,15H,2,4,7-9,12-13H2,1H3,(H,18,21)(H,19,20). The van der Waals surface area contributed by atoms with Gasteiger partial charge in [-0.15, -0.1) is 0 Å².